The fourth-order valence-corrected chi connectivity index (χ4v) is 3.59. The molecule has 0 aliphatic heterocycles. The van der Waals surface area contributed by atoms with Crippen LogP contribution in [0.3, 0.4) is 0 Å². The second kappa shape index (κ2) is 6.93. The molecule has 3 aromatic rings. The quantitative estimate of drug-likeness (QED) is 0.617. The highest BCUT2D eigenvalue weighted by Gasteiger charge is 2.15. The van der Waals surface area contributed by atoms with E-state index in [-0.39, 0.29) is 5.82 Å². The van der Waals surface area contributed by atoms with Crippen LogP contribution < -0.4 is 5.32 Å². The zero-order valence-corrected chi connectivity index (χ0v) is 15.7. The van der Waals surface area contributed by atoms with E-state index < -0.39 is 0 Å². The van der Waals surface area contributed by atoms with Crippen molar-refractivity contribution in [1.29, 1.82) is 0 Å². The summed E-state index contributed by atoms with van der Waals surface area (Å²) in [6, 6.07) is 6.92. The van der Waals surface area contributed by atoms with Crippen molar-refractivity contribution < 1.29 is 4.39 Å². The SMILES string of the molecule is CCCn1c(C)c(Br)c2ccnc(NCc3ccc(F)cc3C)c21. The summed E-state index contributed by atoms with van der Waals surface area (Å²) in [5.74, 6) is 0.659. The minimum absolute atomic E-state index is 0.201. The molecular formula is C19H21BrFN3. The van der Waals surface area contributed by atoms with Gasteiger partial charge in [-0.1, -0.05) is 13.0 Å². The maximum atomic E-state index is 13.3. The van der Waals surface area contributed by atoms with Gasteiger partial charge in [0.2, 0.25) is 0 Å². The van der Waals surface area contributed by atoms with E-state index in [9.17, 15) is 4.39 Å². The summed E-state index contributed by atoms with van der Waals surface area (Å²) in [5, 5.41) is 4.59. The van der Waals surface area contributed by atoms with E-state index in [1.807, 2.05) is 25.3 Å². The third-order valence-corrected chi connectivity index (χ3v) is 5.35. The van der Waals surface area contributed by atoms with Crippen LogP contribution >= 0.6 is 15.9 Å². The monoisotopic (exact) mass is 389 g/mol. The molecule has 5 heteroatoms. The van der Waals surface area contributed by atoms with Gasteiger partial charge < -0.3 is 9.88 Å². The van der Waals surface area contributed by atoms with Crippen LogP contribution in [0.4, 0.5) is 10.2 Å². The van der Waals surface area contributed by atoms with Gasteiger partial charge in [-0.25, -0.2) is 9.37 Å². The minimum Gasteiger partial charge on any atom is -0.364 e. The molecule has 3 nitrogen and oxygen atoms in total. The Morgan fingerprint density at radius 2 is 2.04 bits per heavy atom. The summed E-state index contributed by atoms with van der Waals surface area (Å²) in [7, 11) is 0. The van der Waals surface area contributed by atoms with E-state index in [1.54, 1.807) is 6.07 Å². The number of halogens is 2. The van der Waals surface area contributed by atoms with Gasteiger partial charge in [-0.3, -0.25) is 0 Å². The summed E-state index contributed by atoms with van der Waals surface area (Å²) in [5.41, 5.74) is 4.33. The first kappa shape index (κ1) is 17.0. The number of rotatable bonds is 5. The average molecular weight is 390 g/mol. The summed E-state index contributed by atoms with van der Waals surface area (Å²) in [6.07, 6.45) is 2.88. The standard InChI is InChI=1S/C19H21BrFN3/c1-4-9-24-13(3)17(20)16-7-8-22-19(18(16)24)23-11-14-5-6-15(21)10-12(14)2/h5-8,10H,4,9,11H2,1-3H3,(H,22,23). The molecule has 0 amide bonds. The first-order valence-corrected chi connectivity index (χ1v) is 8.94. The molecule has 1 N–H and O–H groups in total. The van der Waals surface area contributed by atoms with Crippen molar-refractivity contribution in [3.63, 3.8) is 0 Å². The van der Waals surface area contributed by atoms with Crippen molar-refractivity contribution in [1.82, 2.24) is 9.55 Å². The Labute approximate surface area is 150 Å². The molecule has 24 heavy (non-hydrogen) atoms. The minimum atomic E-state index is -0.201. The lowest BCUT2D eigenvalue weighted by Crippen LogP contribution is -2.06. The normalized spacial score (nSPS) is 11.2. The van der Waals surface area contributed by atoms with E-state index in [1.165, 1.54) is 11.8 Å². The van der Waals surface area contributed by atoms with Crippen LogP contribution in [0, 0.1) is 19.7 Å². The van der Waals surface area contributed by atoms with Crippen molar-refractivity contribution in [3.05, 3.63) is 57.6 Å². The predicted octanol–water partition coefficient (Wildman–Crippen LogP) is 5.58. The van der Waals surface area contributed by atoms with Crippen LogP contribution in [0.2, 0.25) is 0 Å². The first-order valence-electron chi connectivity index (χ1n) is 8.15. The van der Waals surface area contributed by atoms with E-state index in [2.05, 4.69) is 44.6 Å². The third-order valence-electron chi connectivity index (χ3n) is 4.35. The van der Waals surface area contributed by atoms with Crippen molar-refractivity contribution in [2.75, 3.05) is 5.32 Å². The van der Waals surface area contributed by atoms with Crippen LogP contribution in [0.5, 0.6) is 0 Å². The first-order chi connectivity index (χ1) is 11.5. The fourth-order valence-electron chi connectivity index (χ4n) is 3.05. The van der Waals surface area contributed by atoms with Gasteiger partial charge in [-0.2, -0.15) is 0 Å². The number of pyridine rings is 1. The predicted molar refractivity (Wildman–Crippen MR) is 101 cm³/mol. The average Bonchev–Trinajstić information content (AvgIpc) is 2.80. The molecule has 0 aliphatic rings. The molecule has 3 rings (SSSR count). The number of benzene rings is 1. The Balaban J connectivity index is 1.98. The summed E-state index contributed by atoms with van der Waals surface area (Å²) in [4.78, 5) is 4.54. The van der Waals surface area contributed by atoms with Crippen LogP contribution in [0.25, 0.3) is 10.9 Å². The van der Waals surface area contributed by atoms with Crippen molar-refractivity contribution in [2.45, 2.75) is 40.3 Å². The largest absolute Gasteiger partial charge is 0.364 e. The zero-order chi connectivity index (χ0) is 17.3. The molecule has 0 aliphatic carbocycles. The second-order valence-electron chi connectivity index (χ2n) is 6.03. The van der Waals surface area contributed by atoms with Gasteiger partial charge in [0.15, 0.2) is 5.82 Å². The molecule has 0 fully saturated rings. The number of nitrogens with zero attached hydrogens (tertiary/aromatic N) is 2. The lowest BCUT2D eigenvalue weighted by molar-refractivity contribution is 0.625. The highest BCUT2D eigenvalue weighted by Crippen LogP contribution is 2.34. The van der Waals surface area contributed by atoms with E-state index >= 15 is 0 Å². The highest BCUT2D eigenvalue weighted by molar-refractivity contribution is 9.10. The van der Waals surface area contributed by atoms with E-state index in [4.69, 9.17) is 0 Å². The van der Waals surface area contributed by atoms with E-state index in [0.717, 1.165) is 45.3 Å². The van der Waals surface area contributed by atoms with Crippen LogP contribution in [0.1, 0.15) is 30.2 Å². The van der Waals surface area contributed by atoms with E-state index in [0.29, 0.717) is 6.54 Å². The lowest BCUT2D eigenvalue weighted by Gasteiger charge is -2.12. The van der Waals surface area contributed by atoms with Gasteiger partial charge in [0.05, 0.1) is 5.52 Å². The molecule has 126 valence electrons. The van der Waals surface area contributed by atoms with Crippen LogP contribution in [-0.2, 0) is 13.1 Å². The van der Waals surface area contributed by atoms with Crippen LogP contribution in [0.15, 0.2) is 34.9 Å². The summed E-state index contributed by atoms with van der Waals surface area (Å²) >= 11 is 3.70. The number of hydrogen-bond acceptors (Lipinski definition) is 2. The summed E-state index contributed by atoms with van der Waals surface area (Å²) in [6.45, 7) is 7.78. The molecule has 0 bridgehead atoms. The number of aromatic nitrogens is 2. The Hall–Kier alpha value is -1.88. The third kappa shape index (κ3) is 3.05. The lowest BCUT2D eigenvalue weighted by atomic mass is 10.1. The summed E-state index contributed by atoms with van der Waals surface area (Å²) < 4.78 is 16.7. The Kier molecular flexibility index (Phi) is 4.90. The molecular weight excluding hydrogens is 369 g/mol. The van der Waals surface area contributed by atoms with Crippen molar-refractivity contribution >= 4 is 32.7 Å². The number of nitrogens with one attached hydrogen (secondary N) is 1. The molecule has 2 aromatic heterocycles. The van der Waals surface area contributed by atoms with Crippen LogP contribution in [-0.4, -0.2) is 9.55 Å². The molecule has 0 unspecified atom stereocenters. The van der Waals surface area contributed by atoms with Gasteiger partial charge in [-0.05, 0) is 65.5 Å². The zero-order valence-electron chi connectivity index (χ0n) is 14.2. The molecule has 0 saturated carbocycles. The van der Waals surface area contributed by atoms with Crippen molar-refractivity contribution in [3.8, 4) is 0 Å². The molecule has 1 aromatic carbocycles. The van der Waals surface area contributed by atoms with Gasteiger partial charge in [0, 0.05) is 34.8 Å². The maximum absolute atomic E-state index is 13.3. The number of anilines is 1. The smallest absolute Gasteiger partial charge is 0.150 e. The Bertz CT molecular complexity index is 886. The van der Waals surface area contributed by atoms with Gasteiger partial charge in [0.25, 0.3) is 0 Å². The number of fused-ring (bicyclic) bond motifs is 1. The second-order valence-corrected chi connectivity index (χ2v) is 6.82. The van der Waals surface area contributed by atoms with Crippen molar-refractivity contribution in [2.24, 2.45) is 0 Å². The molecule has 0 atom stereocenters. The van der Waals surface area contributed by atoms with Gasteiger partial charge in [-0.15, -0.1) is 0 Å². The number of hydrogen-bond donors (Lipinski definition) is 1. The highest BCUT2D eigenvalue weighted by atomic mass is 79.9. The molecule has 0 saturated heterocycles. The number of aryl methyl sites for hydroxylation is 2. The fraction of sp³-hybridized carbons (Fsp3) is 0.316. The molecule has 0 spiro atoms. The topological polar surface area (TPSA) is 29.9 Å². The Morgan fingerprint density at radius 3 is 2.75 bits per heavy atom. The molecule has 2 heterocycles. The molecule has 0 radical (unpaired) electrons. The Morgan fingerprint density at radius 1 is 1.25 bits per heavy atom. The van der Waals surface area contributed by atoms with Gasteiger partial charge >= 0.3 is 0 Å². The van der Waals surface area contributed by atoms with Gasteiger partial charge in [0.1, 0.15) is 5.82 Å². The maximum Gasteiger partial charge on any atom is 0.150 e.